The van der Waals surface area contributed by atoms with Crippen molar-refractivity contribution in [2.24, 2.45) is 0 Å². The lowest BCUT2D eigenvalue weighted by atomic mass is 10.2. The molecular weight excluding hydrogens is 283 g/mol. The highest BCUT2D eigenvalue weighted by atomic mass is 35.5. The first-order valence-electron chi connectivity index (χ1n) is 5.83. The lowest BCUT2D eigenvalue weighted by Crippen LogP contribution is -2.09. The Morgan fingerprint density at radius 3 is 2.95 bits per heavy atom. The van der Waals surface area contributed by atoms with E-state index in [1.165, 1.54) is 19.2 Å². The van der Waals surface area contributed by atoms with Crippen LogP contribution in [0.1, 0.15) is 15.9 Å². The molecule has 2 aromatic rings. The number of benzene rings is 1. The van der Waals surface area contributed by atoms with Crippen molar-refractivity contribution in [3.63, 3.8) is 0 Å². The minimum Gasteiger partial charge on any atom is -0.465 e. The molecular formula is C14H12ClFN2O2. The Kier molecular flexibility index (Phi) is 4.53. The van der Waals surface area contributed by atoms with Gasteiger partial charge in [-0.05, 0) is 29.8 Å². The molecule has 1 aromatic carbocycles. The minimum absolute atomic E-state index is 0.0542. The minimum atomic E-state index is -0.474. The van der Waals surface area contributed by atoms with E-state index in [1.54, 1.807) is 24.4 Å². The van der Waals surface area contributed by atoms with Gasteiger partial charge in [0.05, 0.1) is 12.1 Å². The molecule has 6 heteroatoms. The molecule has 0 radical (unpaired) electrons. The second-order valence-electron chi connectivity index (χ2n) is 3.99. The highest BCUT2D eigenvalue weighted by Gasteiger charge is 2.12. The number of anilines is 1. The van der Waals surface area contributed by atoms with Crippen LogP contribution in [0.15, 0.2) is 36.5 Å². The number of carbonyl (C=O) groups is 1. The Bertz CT molecular complexity index is 634. The van der Waals surface area contributed by atoms with E-state index in [0.717, 1.165) is 5.56 Å². The lowest BCUT2D eigenvalue weighted by molar-refractivity contribution is 0.0601. The summed E-state index contributed by atoms with van der Waals surface area (Å²) in [6.07, 6.45) is 1.56. The highest BCUT2D eigenvalue weighted by Crippen LogP contribution is 2.18. The molecule has 0 aliphatic rings. The summed E-state index contributed by atoms with van der Waals surface area (Å²) in [5.41, 5.74) is 1.11. The number of rotatable bonds is 4. The van der Waals surface area contributed by atoms with Gasteiger partial charge in [-0.2, -0.15) is 0 Å². The highest BCUT2D eigenvalue weighted by molar-refractivity contribution is 6.30. The van der Waals surface area contributed by atoms with Gasteiger partial charge in [0.2, 0.25) is 0 Å². The third kappa shape index (κ3) is 3.24. The normalized spacial score (nSPS) is 10.2. The third-order valence-corrected chi connectivity index (χ3v) is 2.95. The van der Waals surface area contributed by atoms with E-state index in [2.05, 4.69) is 15.0 Å². The van der Waals surface area contributed by atoms with Crippen molar-refractivity contribution >= 4 is 23.4 Å². The van der Waals surface area contributed by atoms with Crippen molar-refractivity contribution in [1.82, 2.24) is 4.98 Å². The van der Waals surface area contributed by atoms with Crippen LogP contribution >= 0.6 is 11.6 Å². The third-order valence-electron chi connectivity index (χ3n) is 2.66. The lowest BCUT2D eigenvalue weighted by Gasteiger charge is -2.09. The van der Waals surface area contributed by atoms with E-state index in [1.807, 2.05) is 0 Å². The Morgan fingerprint density at radius 2 is 2.25 bits per heavy atom. The first-order valence-corrected chi connectivity index (χ1v) is 6.20. The number of carbonyl (C=O) groups excluding carboxylic acids is 1. The van der Waals surface area contributed by atoms with Gasteiger partial charge in [-0.15, -0.1) is 0 Å². The van der Waals surface area contributed by atoms with Gasteiger partial charge in [0.15, 0.2) is 0 Å². The molecule has 20 heavy (non-hydrogen) atoms. The largest absolute Gasteiger partial charge is 0.465 e. The molecule has 0 amide bonds. The van der Waals surface area contributed by atoms with E-state index in [-0.39, 0.29) is 5.02 Å². The van der Waals surface area contributed by atoms with Crippen molar-refractivity contribution < 1.29 is 13.9 Å². The summed E-state index contributed by atoms with van der Waals surface area (Å²) in [5, 5.41) is 3.05. The van der Waals surface area contributed by atoms with E-state index < -0.39 is 11.8 Å². The summed E-state index contributed by atoms with van der Waals surface area (Å²) >= 11 is 5.71. The number of hydrogen-bond donors (Lipinski definition) is 1. The topological polar surface area (TPSA) is 51.2 Å². The van der Waals surface area contributed by atoms with Gasteiger partial charge in [-0.25, -0.2) is 14.2 Å². The average Bonchev–Trinajstić information content (AvgIpc) is 2.48. The zero-order valence-electron chi connectivity index (χ0n) is 10.7. The quantitative estimate of drug-likeness (QED) is 0.879. The molecule has 1 N–H and O–H groups in total. The second-order valence-corrected chi connectivity index (χ2v) is 4.40. The van der Waals surface area contributed by atoms with Gasteiger partial charge in [-0.1, -0.05) is 17.7 Å². The molecule has 0 aliphatic carbocycles. The van der Waals surface area contributed by atoms with Crippen LogP contribution in [0.3, 0.4) is 0 Å². The van der Waals surface area contributed by atoms with Gasteiger partial charge >= 0.3 is 5.97 Å². The molecule has 0 aliphatic heterocycles. The Hall–Kier alpha value is -2.14. The number of ether oxygens (including phenoxy) is 1. The molecule has 0 atom stereocenters. The number of halogens is 2. The summed E-state index contributed by atoms with van der Waals surface area (Å²) in [4.78, 5) is 15.7. The fourth-order valence-corrected chi connectivity index (χ4v) is 1.86. The molecule has 0 saturated carbocycles. The maximum Gasteiger partial charge on any atom is 0.341 e. The molecule has 0 unspecified atom stereocenters. The Morgan fingerprint density at radius 1 is 1.45 bits per heavy atom. The molecule has 0 bridgehead atoms. The first kappa shape index (κ1) is 14.3. The number of pyridine rings is 1. The number of hydrogen-bond acceptors (Lipinski definition) is 4. The zero-order chi connectivity index (χ0) is 14.5. The van der Waals surface area contributed by atoms with Gasteiger partial charge < -0.3 is 10.1 Å². The first-order chi connectivity index (χ1) is 9.61. The molecule has 0 fully saturated rings. The number of nitrogens with zero attached hydrogens (tertiary/aromatic N) is 1. The van der Waals surface area contributed by atoms with Crippen LogP contribution < -0.4 is 5.32 Å². The summed E-state index contributed by atoms with van der Waals surface area (Å²) in [5.74, 6) is -0.541. The predicted octanol–water partition coefficient (Wildman–Crippen LogP) is 3.27. The van der Waals surface area contributed by atoms with Gasteiger partial charge in [0.1, 0.15) is 17.2 Å². The summed E-state index contributed by atoms with van der Waals surface area (Å²) in [7, 11) is 1.30. The smallest absolute Gasteiger partial charge is 0.341 e. The fraction of sp³-hybridized carbons (Fsp3) is 0.143. The van der Waals surface area contributed by atoms with Gasteiger partial charge in [0, 0.05) is 12.7 Å². The molecule has 0 saturated heterocycles. The second kappa shape index (κ2) is 6.34. The molecule has 104 valence electrons. The van der Waals surface area contributed by atoms with Crippen LogP contribution in [0.5, 0.6) is 0 Å². The number of aromatic nitrogens is 1. The molecule has 0 spiro atoms. The van der Waals surface area contributed by atoms with Gasteiger partial charge in [0.25, 0.3) is 0 Å². The van der Waals surface area contributed by atoms with E-state index in [4.69, 9.17) is 11.6 Å². The zero-order valence-corrected chi connectivity index (χ0v) is 11.4. The average molecular weight is 295 g/mol. The van der Waals surface area contributed by atoms with Crippen LogP contribution in [-0.2, 0) is 11.3 Å². The maximum absolute atomic E-state index is 13.1. The number of nitrogens with one attached hydrogen (secondary N) is 1. The summed E-state index contributed by atoms with van der Waals surface area (Å²) in [6, 6.07) is 7.67. The molecule has 1 aromatic heterocycles. The van der Waals surface area contributed by atoms with Crippen molar-refractivity contribution in [1.29, 1.82) is 0 Å². The van der Waals surface area contributed by atoms with Crippen LogP contribution in [0.4, 0.5) is 10.2 Å². The van der Waals surface area contributed by atoms with Crippen molar-refractivity contribution in [3.05, 3.63) is 58.5 Å². The van der Waals surface area contributed by atoms with E-state index >= 15 is 0 Å². The standard InChI is InChI=1S/C14H12ClFN2O2/c1-20-14(19)10-3-2-6-17-13(10)18-8-9-4-5-12(16)11(15)7-9/h2-7H,8H2,1H3,(H,17,18). The van der Waals surface area contributed by atoms with Crippen LogP contribution in [0, 0.1) is 5.82 Å². The van der Waals surface area contributed by atoms with Crippen molar-refractivity contribution in [2.45, 2.75) is 6.54 Å². The fourth-order valence-electron chi connectivity index (χ4n) is 1.66. The van der Waals surface area contributed by atoms with E-state index in [9.17, 15) is 9.18 Å². The predicted molar refractivity (Wildman–Crippen MR) is 74.3 cm³/mol. The Balaban J connectivity index is 2.14. The van der Waals surface area contributed by atoms with Crippen LogP contribution in [-0.4, -0.2) is 18.1 Å². The molecule has 1 heterocycles. The maximum atomic E-state index is 13.1. The van der Waals surface area contributed by atoms with Crippen molar-refractivity contribution in [3.8, 4) is 0 Å². The van der Waals surface area contributed by atoms with E-state index in [0.29, 0.717) is 17.9 Å². The van der Waals surface area contributed by atoms with Gasteiger partial charge in [-0.3, -0.25) is 0 Å². The molecule has 4 nitrogen and oxygen atoms in total. The molecule has 2 rings (SSSR count). The number of esters is 1. The summed E-state index contributed by atoms with van der Waals surface area (Å²) < 4.78 is 17.7. The SMILES string of the molecule is COC(=O)c1cccnc1NCc1ccc(F)c(Cl)c1. The van der Waals surface area contributed by atoms with Crippen LogP contribution in [0.2, 0.25) is 5.02 Å². The van der Waals surface area contributed by atoms with Crippen LogP contribution in [0.25, 0.3) is 0 Å². The monoisotopic (exact) mass is 294 g/mol. The van der Waals surface area contributed by atoms with Crippen molar-refractivity contribution in [2.75, 3.05) is 12.4 Å². The Labute approximate surface area is 120 Å². The summed E-state index contributed by atoms with van der Waals surface area (Å²) in [6.45, 7) is 0.362. The number of methoxy groups -OCH3 is 1.